The van der Waals surface area contributed by atoms with Gasteiger partial charge in [-0.15, -0.1) is 6.58 Å². The van der Waals surface area contributed by atoms with Crippen molar-refractivity contribution in [3.63, 3.8) is 0 Å². The van der Waals surface area contributed by atoms with Gasteiger partial charge in [0.25, 0.3) is 0 Å². The van der Waals surface area contributed by atoms with Gasteiger partial charge in [0.2, 0.25) is 0 Å². The molecule has 35 heavy (non-hydrogen) atoms. The van der Waals surface area contributed by atoms with Gasteiger partial charge in [-0.2, -0.15) is 0 Å². The van der Waals surface area contributed by atoms with Crippen molar-refractivity contribution < 1.29 is 9.47 Å². The van der Waals surface area contributed by atoms with Crippen LogP contribution in [0.5, 0.6) is 5.75 Å². The maximum absolute atomic E-state index is 6.93. The Labute approximate surface area is 207 Å². The van der Waals surface area contributed by atoms with E-state index in [1.54, 1.807) is 7.11 Å². The number of methoxy groups -OCH3 is 1. The monoisotopic (exact) mass is 464 g/mol. The molecule has 3 aromatic carbocycles. The van der Waals surface area contributed by atoms with Gasteiger partial charge in [-0.1, -0.05) is 48.5 Å². The maximum atomic E-state index is 6.93. The van der Waals surface area contributed by atoms with Crippen LogP contribution in [0.2, 0.25) is 0 Å². The van der Waals surface area contributed by atoms with E-state index in [2.05, 4.69) is 77.1 Å². The molecule has 4 aromatic rings. The lowest BCUT2D eigenvalue weighted by Crippen LogP contribution is -2.55. The van der Waals surface area contributed by atoms with E-state index >= 15 is 0 Å². The number of hydrogen-bond acceptors (Lipinski definition) is 4. The highest BCUT2D eigenvalue weighted by Crippen LogP contribution is 2.44. The summed E-state index contributed by atoms with van der Waals surface area (Å²) in [6.45, 7) is 6.88. The molecule has 4 heteroatoms. The van der Waals surface area contributed by atoms with Crippen molar-refractivity contribution in [2.24, 2.45) is 11.8 Å². The van der Waals surface area contributed by atoms with Crippen LogP contribution in [0.1, 0.15) is 30.1 Å². The van der Waals surface area contributed by atoms with Crippen molar-refractivity contribution >= 4 is 21.7 Å². The summed E-state index contributed by atoms with van der Waals surface area (Å²) >= 11 is 0. The van der Waals surface area contributed by atoms with Gasteiger partial charge >= 0.3 is 0 Å². The number of benzene rings is 3. The normalized spacial score (nSPS) is 24.5. The Morgan fingerprint density at radius 2 is 1.97 bits per heavy atom. The molecule has 3 unspecified atom stereocenters. The minimum Gasteiger partial charge on any atom is -0.497 e. The Bertz CT molecular complexity index is 1360. The Morgan fingerprint density at radius 1 is 1.09 bits per heavy atom. The minimum atomic E-state index is -0.0554. The van der Waals surface area contributed by atoms with Gasteiger partial charge in [-0.05, 0) is 77.4 Å². The molecule has 0 aliphatic carbocycles. The quantitative estimate of drug-likeness (QED) is 0.291. The number of ether oxygens (including phenoxy) is 2. The summed E-state index contributed by atoms with van der Waals surface area (Å²) in [5, 5.41) is 3.61. The number of pyridine rings is 1. The van der Waals surface area contributed by atoms with Gasteiger partial charge in [0.05, 0.1) is 25.3 Å². The molecule has 1 aromatic heterocycles. The van der Waals surface area contributed by atoms with Crippen molar-refractivity contribution in [1.82, 2.24) is 9.88 Å². The first-order valence-electron chi connectivity index (χ1n) is 12.6. The summed E-state index contributed by atoms with van der Waals surface area (Å²) in [4.78, 5) is 7.27. The third-order valence-corrected chi connectivity index (χ3v) is 8.09. The average molecular weight is 465 g/mol. The molecule has 0 amide bonds. The molecule has 178 valence electrons. The third-order valence-electron chi connectivity index (χ3n) is 8.09. The van der Waals surface area contributed by atoms with Crippen molar-refractivity contribution in [2.45, 2.75) is 31.6 Å². The smallest absolute Gasteiger partial charge is 0.119 e. The molecule has 3 aliphatic heterocycles. The van der Waals surface area contributed by atoms with Gasteiger partial charge in [0, 0.05) is 24.2 Å². The summed E-state index contributed by atoms with van der Waals surface area (Å²) in [5.41, 5.74) is 3.40. The van der Waals surface area contributed by atoms with Crippen molar-refractivity contribution in [2.75, 3.05) is 20.2 Å². The molecule has 3 saturated heterocycles. The van der Waals surface area contributed by atoms with Crippen molar-refractivity contribution in [3.05, 3.63) is 96.7 Å². The van der Waals surface area contributed by atoms with Gasteiger partial charge in [0.1, 0.15) is 5.75 Å². The van der Waals surface area contributed by atoms with E-state index in [1.165, 1.54) is 28.3 Å². The fourth-order valence-corrected chi connectivity index (χ4v) is 6.22. The van der Waals surface area contributed by atoms with Crippen LogP contribution in [0.4, 0.5) is 0 Å². The van der Waals surface area contributed by atoms with E-state index in [4.69, 9.17) is 9.47 Å². The summed E-state index contributed by atoms with van der Waals surface area (Å²) in [7, 11) is 1.72. The first kappa shape index (κ1) is 22.3. The second-order valence-electron chi connectivity index (χ2n) is 9.90. The number of piperidine rings is 3. The lowest BCUT2D eigenvalue weighted by molar-refractivity contribution is -0.0801. The number of rotatable bonds is 7. The van der Waals surface area contributed by atoms with Gasteiger partial charge in [-0.25, -0.2) is 0 Å². The predicted octanol–water partition coefficient (Wildman–Crippen LogP) is 6.55. The number of fused-ring (bicyclic) bond motifs is 5. The van der Waals surface area contributed by atoms with Crippen LogP contribution in [0.3, 0.4) is 0 Å². The predicted molar refractivity (Wildman–Crippen MR) is 142 cm³/mol. The van der Waals surface area contributed by atoms with Crippen LogP contribution in [-0.2, 0) is 11.3 Å². The van der Waals surface area contributed by atoms with E-state index in [0.29, 0.717) is 24.5 Å². The zero-order valence-corrected chi connectivity index (χ0v) is 20.3. The fourth-order valence-electron chi connectivity index (χ4n) is 6.22. The molecule has 4 heterocycles. The SMILES string of the molecule is C=CC1CN2CCC1C[C@@H]2[C@@H](OCc1cccc2ccccc12)c1ccnc2ccc(OC)cc12. The first-order chi connectivity index (χ1) is 17.2. The average Bonchev–Trinajstić information content (AvgIpc) is 2.93. The van der Waals surface area contributed by atoms with Crippen LogP contribution in [-0.4, -0.2) is 36.1 Å². The molecule has 0 saturated carbocycles. The van der Waals surface area contributed by atoms with Crippen LogP contribution in [0, 0.1) is 11.8 Å². The lowest BCUT2D eigenvalue weighted by atomic mass is 9.73. The molecule has 5 atom stereocenters. The van der Waals surface area contributed by atoms with Crippen molar-refractivity contribution in [3.8, 4) is 5.75 Å². The minimum absolute atomic E-state index is 0.0554. The summed E-state index contributed by atoms with van der Waals surface area (Å²) in [5.74, 6) is 2.10. The number of hydrogen-bond donors (Lipinski definition) is 0. The third kappa shape index (κ3) is 4.11. The van der Waals surface area contributed by atoms with Gasteiger partial charge < -0.3 is 9.47 Å². The Kier molecular flexibility index (Phi) is 6.01. The van der Waals surface area contributed by atoms with E-state index in [-0.39, 0.29) is 6.10 Å². The highest BCUT2D eigenvalue weighted by molar-refractivity contribution is 5.86. The Morgan fingerprint density at radius 3 is 2.80 bits per heavy atom. The summed E-state index contributed by atoms with van der Waals surface area (Å²) in [6.07, 6.45) is 6.39. The molecule has 2 bridgehead atoms. The van der Waals surface area contributed by atoms with E-state index in [1.807, 2.05) is 18.3 Å². The zero-order valence-electron chi connectivity index (χ0n) is 20.3. The van der Waals surface area contributed by atoms with Gasteiger partial charge in [0.15, 0.2) is 0 Å². The van der Waals surface area contributed by atoms with Crippen molar-refractivity contribution in [1.29, 1.82) is 0 Å². The largest absolute Gasteiger partial charge is 0.497 e. The van der Waals surface area contributed by atoms with E-state index in [0.717, 1.165) is 36.2 Å². The van der Waals surface area contributed by atoms with Crippen LogP contribution >= 0.6 is 0 Å². The topological polar surface area (TPSA) is 34.6 Å². The Balaban J connectivity index is 1.40. The fraction of sp³-hybridized carbons (Fsp3) is 0.323. The Hall–Kier alpha value is -3.21. The van der Waals surface area contributed by atoms with Gasteiger partial charge in [-0.3, -0.25) is 9.88 Å². The molecule has 0 radical (unpaired) electrons. The zero-order chi connectivity index (χ0) is 23.8. The molecular weight excluding hydrogens is 432 g/mol. The second kappa shape index (κ2) is 9.44. The van der Waals surface area contributed by atoms with Crippen LogP contribution in [0.25, 0.3) is 21.7 Å². The van der Waals surface area contributed by atoms with E-state index in [9.17, 15) is 0 Å². The molecule has 3 fully saturated rings. The van der Waals surface area contributed by atoms with Crippen LogP contribution in [0.15, 0.2) is 85.6 Å². The second-order valence-corrected chi connectivity index (χ2v) is 9.90. The number of aromatic nitrogens is 1. The molecular formula is C31H32N2O2. The van der Waals surface area contributed by atoms with E-state index < -0.39 is 0 Å². The molecule has 0 N–H and O–H groups in total. The molecule has 4 nitrogen and oxygen atoms in total. The number of nitrogens with zero attached hydrogens (tertiary/aromatic N) is 2. The molecule has 0 spiro atoms. The molecule has 7 rings (SSSR count). The standard InChI is InChI=1S/C31H32N2O2/c1-3-21-19-33-16-14-23(21)17-30(33)31(27-13-15-32-29-12-11-25(34-2)18-28(27)29)35-20-24-9-6-8-22-7-4-5-10-26(22)24/h3-13,15,18,21,23,30-31H,1,14,16-17,19-20H2,2H3/t21?,23?,30-,31+/m1/s1. The van der Waals surface area contributed by atoms with Crippen LogP contribution < -0.4 is 4.74 Å². The lowest BCUT2D eigenvalue weighted by Gasteiger charge is -2.51. The first-order valence-corrected chi connectivity index (χ1v) is 12.6. The summed E-state index contributed by atoms with van der Waals surface area (Å²) < 4.78 is 12.5. The summed E-state index contributed by atoms with van der Waals surface area (Å²) in [6, 6.07) is 23.6. The molecule has 3 aliphatic rings. The highest BCUT2D eigenvalue weighted by atomic mass is 16.5. The highest BCUT2D eigenvalue weighted by Gasteiger charge is 2.43. The maximum Gasteiger partial charge on any atom is 0.119 e.